The molecule has 0 bridgehead atoms. The van der Waals surface area contributed by atoms with E-state index in [1.54, 1.807) is 24.5 Å². The van der Waals surface area contributed by atoms with Crippen LogP contribution in [0.4, 0.5) is 4.39 Å². The molecule has 23 heavy (non-hydrogen) atoms. The number of nitrogens with zero attached hydrogens (tertiary/aromatic N) is 3. The minimum Gasteiger partial charge on any atom is -0.375 e. The van der Waals surface area contributed by atoms with Crippen LogP contribution >= 0.6 is 0 Å². The van der Waals surface area contributed by atoms with E-state index in [9.17, 15) is 4.39 Å². The molecule has 0 amide bonds. The van der Waals surface area contributed by atoms with Gasteiger partial charge in [0.1, 0.15) is 11.5 Å². The van der Waals surface area contributed by atoms with Crippen molar-refractivity contribution >= 4 is 0 Å². The number of hydrogen-bond acceptors (Lipinski definition) is 3. The minimum atomic E-state index is -0.247. The Labute approximate surface area is 133 Å². The molecule has 0 radical (unpaired) electrons. The van der Waals surface area contributed by atoms with E-state index < -0.39 is 0 Å². The van der Waals surface area contributed by atoms with E-state index in [1.165, 1.54) is 12.1 Å². The summed E-state index contributed by atoms with van der Waals surface area (Å²) in [6, 6.07) is 10.4. The zero-order valence-electron chi connectivity index (χ0n) is 12.6. The number of aryl methyl sites for hydroxylation is 1. The van der Waals surface area contributed by atoms with Gasteiger partial charge in [0.15, 0.2) is 0 Å². The smallest absolute Gasteiger partial charge is 0.123 e. The van der Waals surface area contributed by atoms with Gasteiger partial charge in [-0.2, -0.15) is 5.10 Å². The molecule has 116 valence electrons. The maximum Gasteiger partial charge on any atom is 0.123 e. The molecule has 0 N–H and O–H groups in total. The van der Waals surface area contributed by atoms with Crippen LogP contribution in [0.5, 0.6) is 0 Å². The van der Waals surface area contributed by atoms with Gasteiger partial charge in [-0.1, -0.05) is 0 Å². The molecule has 4 nitrogen and oxygen atoms in total. The molecule has 1 aromatic carbocycles. The van der Waals surface area contributed by atoms with Crippen LogP contribution in [-0.2, 0) is 17.9 Å². The number of aromatic nitrogens is 3. The number of pyridine rings is 1. The molecule has 0 fully saturated rings. The van der Waals surface area contributed by atoms with Crippen LogP contribution in [0.15, 0.2) is 48.8 Å². The molecule has 1 aliphatic heterocycles. The third kappa shape index (κ3) is 2.64. The second-order valence-corrected chi connectivity index (χ2v) is 5.54. The highest BCUT2D eigenvalue weighted by Crippen LogP contribution is 2.35. The van der Waals surface area contributed by atoms with E-state index in [2.05, 4.69) is 4.98 Å². The second-order valence-electron chi connectivity index (χ2n) is 5.54. The molecule has 0 aliphatic carbocycles. The standard InChI is InChI=1S/C18H16FN3O/c19-15-4-2-14(3-5-15)18-17(13-6-8-20-9-7-13)16-12-23-11-1-10-22(16)21-18/h2-9H,1,10-12H2. The maximum atomic E-state index is 13.3. The van der Waals surface area contributed by atoms with E-state index in [4.69, 9.17) is 9.84 Å². The zero-order chi connectivity index (χ0) is 15.6. The van der Waals surface area contributed by atoms with Gasteiger partial charge in [0.25, 0.3) is 0 Å². The number of rotatable bonds is 2. The summed E-state index contributed by atoms with van der Waals surface area (Å²) < 4.78 is 21.0. The van der Waals surface area contributed by atoms with Crippen molar-refractivity contribution < 1.29 is 9.13 Å². The Bertz CT molecular complexity index is 812. The summed E-state index contributed by atoms with van der Waals surface area (Å²) >= 11 is 0. The lowest BCUT2D eigenvalue weighted by molar-refractivity contribution is 0.125. The van der Waals surface area contributed by atoms with Gasteiger partial charge >= 0.3 is 0 Å². The molecule has 0 unspecified atom stereocenters. The van der Waals surface area contributed by atoms with Crippen LogP contribution < -0.4 is 0 Å². The number of halogens is 1. The summed E-state index contributed by atoms with van der Waals surface area (Å²) in [5.41, 5.74) is 4.91. The molecule has 5 heteroatoms. The van der Waals surface area contributed by atoms with Crippen molar-refractivity contribution in [2.45, 2.75) is 19.6 Å². The zero-order valence-corrected chi connectivity index (χ0v) is 12.6. The van der Waals surface area contributed by atoms with E-state index in [1.807, 2.05) is 16.8 Å². The Kier molecular flexibility index (Phi) is 3.63. The van der Waals surface area contributed by atoms with Crippen molar-refractivity contribution in [2.24, 2.45) is 0 Å². The van der Waals surface area contributed by atoms with E-state index >= 15 is 0 Å². The van der Waals surface area contributed by atoms with Crippen LogP contribution in [0, 0.1) is 5.82 Å². The number of fused-ring (bicyclic) bond motifs is 1. The fourth-order valence-electron chi connectivity index (χ4n) is 2.95. The van der Waals surface area contributed by atoms with Crippen molar-refractivity contribution in [3.05, 3.63) is 60.3 Å². The highest BCUT2D eigenvalue weighted by molar-refractivity contribution is 5.82. The summed E-state index contributed by atoms with van der Waals surface area (Å²) in [4.78, 5) is 4.09. The van der Waals surface area contributed by atoms with Crippen LogP contribution in [0.3, 0.4) is 0 Å². The Morgan fingerprint density at radius 3 is 2.57 bits per heavy atom. The summed E-state index contributed by atoms with van der Waals surface area (Å²) in [5, 5.41) is 4.78. The van der Waals surface area contributed by atoms with Gasteiger partial charge in [0, 0.05) is 36.7 Å². The molecule has 4 rings (SSSR count). The summed E-state index contributed by atoms with van der Waals surface area (Å²) in [7, 11) is 0. The fourth-order valence-corrected chi connectivity index (χ4v) is 2.95. The first kappa shape index (κ1) is 14.1. The van der Waals surface area contributed by atoms with E-state index in [-0.39, 0.29) is 5.82 Å². The number of hydrogen-bond donors (Lipinski definition) is 0. The molecule has 2 aromatic heterocycles. The normalized spacial score (nSPS) is 14.3. The third-order valence-electron chi connectivity index (χ3n) is 4.04. The SMILES string of the molecule is Fc1ccc(-c2nn3c(c2-c2ccncc2)COCCC3)cc1. The molecule has 1 aliphatic rings. The average Bonchev–Trinajstić information content (AvgIpc) is 2.79. The van der Waals surface area contributed by atoms with Crippen molar-refractivity contribution in [1.29, 1.82) is 0 Å². The van der Waals surface area contributed by atoms with Gasteiger partial charge in [0.05, 0.1) is 12.3 Å². The van der Waals surface area contributed by atoms with E-state index in [0.29, 0.717) is 6.61 Å². The molecule has 3 heterocycles. The average molecular weight is 309 g/mol. The van der Waals surface area contributed by atoms with Crippen LogP contribution in [0.1, 0.15) is 12.1 Å². The highest BCUT2D eigenvalue weighted by atomic mass is 19.1. The van der Waals surface area contributed by atoms with Crippen LogP contribution in [0.25, 0.3) is 22.4 Å². The van der Waals surface area contributed by atoms with Gasteiger partial charge in [-0.25, -0.2) is 4.39 Å². The lowest BCUT2D eigenvalue weighted by atomic mass is 10.00. The molecule has 0 saturated heterocycles. The predicted molar refractivity (Wildman–Crippen MR) is 85.1 cm³/mol. The molecular formula is C18H16FN3O. The van der Waals surface area contributed by atoms with Crippen LogP contribution in [0.2, 0.25) is 0 Å². The van der Waals surface area contributed by atoms with Crippen molar-refractivity contribution in [2.75, 3.05) is 6.61 Å². The third-order valence-corrected chi connectivity index (χ3v) is 4.04. The Hall–Kier alpha value is -2.53. The van der Waals surface area contributed by atoms with Crippen LogP contribution in [-0.4, -0.2) is 21.4 Å². The predicted octanol–water partition coefficient (Wildman–Crippen LogP) is 3.67. The van der Waals surface area contributed by atoms with Gasteiger partial charge in [-0.05, 0) is 48.4 Å². The largest absolute Gasteiger partial charge is 0.375 e. The quantitative estimate of drug-likeness (QED) is 0.725. The topological polar surface area (TPSA) is 39.9 Å². The van der Waals surface area contributed by atoms with Crippen molar-refractivity contribution in [3.63, 3.8) is 0 Å². The number of ether oxygens (including phenoxy) is 1. The minimum absolute atomic E-state index is 0.247. The highest BCUT2D eigenvalue weighted by Gasteiger charge is 2.22. The lowest BCUT2D eigenvalue weighted by Crippen LogP contribution is -2.02. The summed E-state index contributed by atoms with van der Waals surface area (Å²) in [6.07, 6.45) is 4.48. The van der Waals surface area contributed by atoms with Gasteiger partial charge in [-0.3, -0.25) is 9.67 Å². The van der Waals surface area contributed by atoms with Gasteiger partial charge in [0.2, 0.25) is 0 Å². The Balaban J connectivity index is 1.93. The summed E-state index contributed by atoms with van der Waals surface area (Å²) in [6.45, 7) is 2.10. The molecule has 0 saturated carbocycles. The first-order valence-electron chi connectivity index (χ1n) is 7.67. The maximum absolute atomic E-state index is 13.3. The first-order chi connectivity index (χ1) is 11.3. The van der Waals surface area contributed by atoms with Gasteiger partial charge in [-0.15, -0.1) is 0 Å². The Morgan fingerprint density at radius 2 is 1.78 bits per heavy atom. The molecular weight excluding hydrogens is 293 g/mol. The fraction of sp³-hybridized carbons (Fsp3) is 0.222. The lowest BCUT2D eigenvalue weighted by Gasteiger charge is -2.07. The number of benzene rings is 1. The molecule has 0 spiro atoms. The van der Waals surface area contributed by atoms with Crippen molar-refractivity contribution in [3.8, 4) is 22.4 Å². The first-order valence-corrected chi connectivity index (χ1v) is 7.67. The Morgan fingerprint density at radius 1 is 1.00 bits per heavy atom. The van der Waals surface area contributed by atoms with Gasteiger partial charge < -0.3 is 4.74 Å². The monoisotopic (exact) mass is 309 g/mol. The molecule has 3 aromatic rings. The van der Waals surface area contributed by atoms with Crippen molar-refractivity contribution in [1.82, 2.24) is 14.8 Å². The summed E-state index contributed by atoms with van der Waals surface area (Å²) in [5.74, 6) is -0.247. The van der Waals surface area contributed by atoms with E-state index in [0.717, 1.165) is 47.7 Å². The second kappa shape index (κ2) is 5.93. The molecule has 0 atom stereocenters.